The fourth-order valence-corrected chi connectivity index (χ4v) is 2.64. The highest BCUT2D eigenvalue weighted by Gasteiger charge is 2.14. The molecular weight excluding hydrogens is 222 g/mol. The molecule has 0 aliphatic heterocycles. The van der Waals surface area contributed by atoms with Gasteiger partial charge in [0.15, 0.2) is 0 Å². The standard InChI is InChI=1S/C15H23N3/c16-18-15(17-14-10-6-3-7-11-14)12-13-8-4-1-2-5-9-13/h3,6-7,10-11,13H,1-2,4-5,8-9,12,16H2,(H,17,18). The summed E-state index contributed by atoms with van der Waals surface area (Å²) in [7, 11) is 0. The second-order valence-electron chi connectivity index (χ2n) is 5.10. The first-order valence-electron chi connectivity index (χ1n) is 6.97. The van der Waals surface area contributed by atoms with Crippen LogP contribution in [0.1, 0.15) is 44.9 Å². The summed E-state index contributed by atoms with van der Waals surface area (Å²) >= 11 is 0. The molecule has 0 aromatic heterocycles. The number of nitrogens with one attached hydrogen (secondary N) is 1. The number of rotatable bonds is 3. The van der Waals surface area contributed by atoms with Crippen LogP contribution in [0, 0.1) is 5.92 Å². The molecule has 0 bridgehead atoms. The smallest absolute Gasteiger partial charge is 0.116 e. The van der Waals surface area contributed by atoms with E-state index in [4.69, 9.17) is 5.84 Å². The van der Waals surface area contributed by atoms with E-state index in [-0.39, 0.29) is 0 Å². The Kier molecular flexibility index (Phi) is 5.21. The zero-order valence-electron chi connectivity index (χ0n) is 10.9. The highest BCUT2D eigenvalue weighted by Crippen LogP contribution is 2.26. The predicted octanol–water partition coefficient (Wildman–Crippen LogP) is 3.54. The second-order valence-corrected chi connectivity index (χ2v) is 5.10. The SMILES string of the molecule is NNC(CC1CCCCCC1)=Nc1ccccc1. The number of hydrogen-bond acceptors (Lipinski definition) is 2. The van der Waals surface area contributed by atoms with Gasteiger partial charge in [-0.1, -0.05) is 56.7 Å². The van der Waals surface area contributed by atoms with E-state index in [1.807, 2.05) is 30.3 Å². The number of benzene rings is 1. The van der Waals surface area contributed by atoms with Crippen molar-refractivity contribution in [1.29, 1.82) is 0 Å². The Morgan fingerprint density at radius 2 is 1.78 bits per heavy atom. The van der Waals surface area contributed by atoms with E-state index in [1.165, 1.54) is 38.5 Å². The van der Waals surface area contributed by atoms with E-state index >= 15 is 0 Å². The lowest BCUT2D eigenvalue weighted by molar-refractivity contribution is 0.472. The van der Waals surface area contributed by atoms with Crippen molar-refractivity contribution in [2.75, 3.05) is 0 Å². The lowest BCUT2D eigenvalue weighted by Crippen LogP contribution is -2.31. The number of hydrogen-bond donors (Lipinski definition) is 2. The zero-order chi connectivity index (χ0) is 12.6. The summed E-state index contributed by atoms with van der Waals surface area (Å²) in [5, 5.41) is 0. The van der Waals surface area contributed by atoms with E-state index in [0.29, 0.717) is 0 Å². The van der Waals surface area contributed by atoms with Gasteiger partial charge in [-0.15, -0.1) is 0 Å². The molecule has 0 heterocycles. The van der Waals surface area contributed by atoms with Crippen molar-refractivity contribution in [3.8, 4) is 0 Å². The van der Waals surface area contributed by atoms with E-state index < -0.39 is 0 Å². The molecule has 2 rings (SSSR count). The summed E-state index contributed by atoms with van der Waals surface area (Å²) in [6.07, 6.45) is 9.09. The van der Waals surface area contributed by atoms with Gasteiger partial charge in [0.05, 0.1) is 5.69 Å². The number of nitrogens with two attached hydrogens (primary N) is 1. The maximum absolute atomic E-state index is 5.60. The summed E-state index contributed by atoms with van der Waals surface area (Å²) in [4.78, 5) is 4.58. The van der Waals surface area contributed by atoms with Crippen molar-refractivity contribution in [3.63, 3.8) is 0 Å². The van der Waals surface area contributed by atoms with Crippen LogP contribution < -0.4 is 11.3 Å². The second kappa shape index (κ2) is 7.17. The fourth-order valence-electron chi connectivity index (χ4n) is 2.64. The molecule has 3 N–H and O–H groups in total. The first-order valence-corrected chi connectivity index (χ1v) is 6.97. The van der Waals surface area contributed by atoms with Gasteiger partial charge in [-0.2, -0.15) is 0 Å². The van der Waals surface area contributed by atoms with E-state index in [2.05, 4.69) is 10.4 Å². The van der Waals surface area contributed by atoms with Crippen LogP contribution >= 0.6 is 0 Å². The molecule has 0 saturated heterocycles. The number of aliphatic imine (C=N–C) groups is 1. The van der Waals surface area contributed by atoms with Crippen molar-refractivity contribution >= 4 is 11.5 Å². The third-order valence-electron chi connectivity index (χ3n) is 3.64. The fraction of sp³-hybridized carbons (Fsp3) is 0.533. The highest BCUT2D eigenvalue weighted by atomic mass is 15.2. The van der Waals surface area contributed by atoms with Crippen LogP contribution in [0.5, 0.6) is 0 Å². The van der Waals surface area contributed by atoms with Gasteiger partial charge in [-0.3, -0.25) is 0 Å². The highest BCUT2D eigenvalue weighted by molar-refractivity contribution is 5.84. The minimum absolute atomic E-state index is 0.742. The molecule has 3 heteroatoms. The van der Waals surface area contributed by atoms with E-state index in [1.54, 1.807) is 0 Å². The van der Waals surface area contributed by atoms with E-state index in [9.17, 15) is 0 Å². The molecular formula is C15H23N3. The summed E-state index contributed by atoms with van der Waals surface area (Å²) in [6, 6.07) is 10.0. The molecule has 1 aliphatic rings. The summed E-state index contributed by atoms with van der Waals surface area (Å²) in [6.45, 7) is 0. The number of nitrogens with zero attached hydrogens (tertiary/aromatic N) is 1. The minimum atomic E-state index is 0.742. The minimum Gasteiger partial charge on any atom is -0.312 e. The first-order chi connectivity index (χ1) is 8.88. The summed E-state index contributed by atoms with van der Waals surface area (Å²) in [5.74, 6) is 7.25. The Morgan fingerprint density at radius 1 is 1.11 bits per heavy atom. The van der Waals surface area contributed by atoms with Gasteiger partial charge in [0, 0.05) is 6.42 Å². The topological polar surface area (TPSA) is 50.4 Å². The molecule has 1 fully saturated rings. The van der Waals surface area contributed by atoms with Crippen molar-refractivity contribution in [1.82, 2.24) is 5.43 Å². The van der Waals surface area contributed by atoms with Crippen LogP contribution in [0.3, 0.4) is 0 Å². The molecule has 1 aromatic carbocycles. The molecule has 0 unspecified atom stereocenters. The molecule has 0 spiro atoms. The molecule has 18 heavy (non-hydrogen) atoms. The number of hydrazine groups is 1. The number of para-hydroxylation sites is 1. The first kappa shape index (κ1) is 13.1. The third kappa shape index (κ3) is 4.15. The van der Waals surface area contributed by atoms with Crippen molar-refractivity contribution in [3.05, 3.63) is 30.3 Å². The van der Waals surface area contributed by atoms with Crippen LogP contribution in [-0.4, -0.2) is 5.84 Å². The Bertz CT molecular complexity index is 365. The Morgan fingerprint density at radius 3 is 2.39 bits per heavy atom. The predicted molar refractivity (Wildman–Crippen MR) is 76.7 cm³/mol. The molecule has 1 aliphatic carbocycles. The van der Waals surface area contributed by atoms with Gasteiger partial charge in [0.2, 0.25) is 0 Å². The quantitative estimate of drug-likeness (QED) is 0.281. The van der Waals surface area contributed by atoms with Crippen LogP contribution in [-0.2, 0) is 0 Å². The maximum Gasteiger partial charge on any atom is 0.116 e. The monoisotopic (exact) mass is 245 g/mol. The Balaban J connectivity index is 1.98. The van der Waals surface area contributed by atoms with Gasteiger partial charge in [0.1, 0.15) is 5.84 Å². The summed E-state index contributed by atoms with van der Waals surface area (Å²) < 4.78 is 0. The Labute approximate surface area is 109 Å². The number of amidine groups is 1. The van der Waals surface area contributed by atoms with E-state index in [0.717, 1.165) is 23.9 Å². The lowest BCUT2D eigenvalue weighted by Gasteiger charge is -2.15. The lowest BCUT2D eigenvalue weighted by atomic mass is 9.96. The zero-order valence-corrected chi connectivity index (χ0v) is 10.9. The molecule has 0 atom stereocenters. The third-order valence-corrected chi connectivity index (χ3v) is 3.64. The van der Waals surface area contributed by atoms with Crippen molar-refractivity contribution < 1.29 is 0 Å². The molecule has 1 aromatic rings. The van der Waals surface area contributed by atoms with Crippen molar-refractivity contribution in [2.45, 2.75) is 44.9 Å². The van der Waals surface area contributed by atoms with Gasteiger partial charge in [0.25, 0.3) is 0 Å². The van der Waals surface area contributed by atoms with Crippen molar-refractivity contribution in [2.24, 2.45) is 16.8 Å². The van der Waals surface area contributed by atoms with Crippen LogP contribution in [0.2, 0.25) is 0 Å². The van der Waals surface area contributed by atoms with Gasteiger partial charge in [-0.25, -0.2) is 10.8 Å². The molecule has 3 nitrogen and oxygen atoms in total. The van der Waals surface area contributed by atoms with Gasteiger partial charge < -0.3 is 5.43 Å². The Hall–Kier alpha value is -1.35. The molecule has 1 saturated carbocycles. The molecule has 0 amide bonds. The van der Waals surface area contributed by atoms with Gasteiger partial charge in [-0.05, 0) is 18.1 Å². The van der Waals surface area contributed by atoms with Crippen LogP contribution in [0.4, 0.5) is 5.69 Å². The molecule has 98 valence electrons. The largest absolute Gasteiger partial charge is 0.312 e. The van der Waals surface area contributed by atoms with Crippen LogP contribution in [0.25, 0.3) is 0 Å². The molecule has 0 radical (unpaired) electrons. The maximum atomic E-state index is 5.60. The average Bonchev–Trinajstić information content (AvgIpc) is 2.68. The normalized spacial score (nSPS) is 18.4. The van der Waals surface area contributed by atoms with Crippen LogP contribution in [0.15, 0.2) is 35.3 Å². The van der Waals surface area contributed by atoms with Gasteiger partial charge >= 0.3 is 0 Å². The average molecular weight is 245 g/mol. The summed E-state index contributed by atoms with van der Waals surface area (Å²) in [5.41, 5.74) is 3.74.